The van der Waals surface area contributed by atoms with Crippen molar-refractivity contribution in [3.8, 4) is 0 Å². The second-order valence-electron chi connectivity index (χ2n) is 5.02. The Hall–Kier alpha value is -2.24. The van der Waals surface area contributed by atoms with E-state index >= 15 is 0 Å². The number of rotatable bonds is 2. The molecule has 6 heteroatoms. The first-order chi connectivity index (χ1) is 9.66. The smallest absolute Gasteiger partial charge is 0.222 e. The van der Waals surface area contributed by atoms with E-state index in [1.54, 1.807) is 12.1 Å². The summed E-state index contributed by atoms with van der Waals surface area (Å²) in [7, 11) is 0. The fourth-order valence-electron chi connectivity index (χ4n) is 2.69. The molecule has 0 radical (unpaired) electrons. The highest BCUT2D eigenvalue weighted by Crippen LogP contribution is 2.29. The quantitative estimate of drug-likeness (QED) is 0.900. The van der Waals surface area contributed by atoms with E-state index < -0.39 is 0 Å². The number of nitrogens with zero attached hydrogens (tertiary/aromatic N) is 3. The molecule has 1 aliphatic heterocycles. The van der Waals surface area contributed by atoms with E-state index in [2.05, 4.69) is 9.97 Å². The second-order valence-corrected chi connectivity index (χ2v) is 5.02. The van der Waals surface area contributed by atoms with Crippen LogP contribution in [0.15, 0.2) is 24.5 Å². The van der Waals surface area contributed by atoms with E-state index in [1.807, 2.05) is 4.90 Å². The normalized spacial score (nSPS) is 19.2. The molecular weight excluding hydrogens is 259 g/mol. The SMILES string of the molecule is NC(=O)C1CCCN(c2ncnc3cccc(F)c23)C1. The van der Waals surface area contributed by atoms with Crippen molar-refractivity contribution in [2.24, 2.45) is 11.7 Å². The Morgan fingerprint density at radius 1 is 1.40 bits per heavy atom. The van der Waals surface area contributed by atoms with Crippen LogP contribution < -0.4 is 10.6 Å². The molecule has 2 N–H and O–H groups in total. The van der Waals surface area contributed by atoms with E-state index in [0.29, 0.717) is 23.3 Å². The van der Waals surface area contributed by atoms with Crippen LogP contribution in [-0.2, 0) is 4.79 Å². The van der Waals surface area contributed by atoms with Gasteiger partial charge in [-0.1, -0.05) is 6.07 Å². The average molecular weight is 274 g/mol. The van der Waals surface area contributed by atoms with Gasteiger partial charge in [-0.25, -0.2) is 14.4 Å². The van der Waals surface area contributed by atoms with Crippen LogP contribution in [0.4, 0.5) is 10.2 Å². The topological polar surface area (TPSA) is 72.1 Å². The summed E-state index contributed by atoms with van der Waals surface area (Å²) in [6, 6.07) is 4.76. The number of fused-ring (bicyclic) bond motifs is 1. The fourth-order valence-corrected chi connectivity index (χ4v) is 2.69. The molecule has 0 aliphatic carbocycles. The zero-order chi connectivity index (χ0) is 14.1. The summed E-state index contributed by atoms with van der Waals surface area (Å²) in [4.78, 5) is 21.6. The van der Waals surface area contributed by atoms with Crippen molar-refractivity contribution in [1.29, 1.82) is 0 Å². The molecule has 3 rings (SSSR count). The van der Waals surface area contributed by atoms with E-state index in [1.165, 1.54) is 12.4 Å². The summed E-state index contributed by atoms with van der Waals surface area (Å²) < 4.78 is 14.1. The van der Waals surface area contributed by atoms with Gasteiger partial charge in [0.15, 0.2) is 0 Å². The minimum absolute atomic E-state index is 0.208. The van der Waals surface area contributed by atoms with Crippen molar-refractivity contribution in [2.75, 3.05) is 18.0 Å². The van der Waals surface area contributed by atoms with Gasteiger partial charge in [0.2, 0.25) is 5.91 Å². The number of hydrogen-bond acceptors (Lipinski definition) is 4. The molecule has 20 heavy (non-hydrogen) atoms. The van der Waals surface area contributed by atoms with Crippen molar-refractivity contribution in [1.82, 2.24) is 9.97 Å². The molecule has 1 aromatic carbocycles. The van der Waals surface area contributed by atoms with Crippen molar-refractivity contribution in [2.45, 2.75) is 12.8 Å². The minimum atomic E-state index is -0.348. The Morgan fingerprint density at radius 3 is 3.05 bits per heavy atom. The van der Waals surface area contributed by atoms with Gasteiger partial charge in [-0.3, -0.25) is 4.79 Å². The second kappa shape index (κ2) is 5.03. The molecule has 1 saturated heterocycles. The lowest BCUT2D eigenvalue weighted by Crippen LogP contribution is -2.41. The van der Waals surface area contributed by atoms with Gasteiger partial charge in [-0.15, -0.1) is 0 Å². The number of primary amides is 1. The fraction of sp³-hybridized carbons (Fsp3) is 0.357. The molecule has 2 aromatic rings. The first-order valence-electron chi connectivity index (χ1n) is 6.60. The molecule has 1 unspecified atom stereocenters. The summed E-state index contributed by atoms with van der Waals surface area (Å²) in [6.07, 6.45) is 3.04. The molecule has 1 atom stereocenters. The first kappa shape index (κ1) is 12.8. The Morgan fingerprint density at radius 2 is 2.25 bits per heavy atom. The van der Waals surface area contributed by atoms with Gasteiger partial charge in [-0.05, 0) is 25.0 Å². The number of halogens is 1. The maximum atomic E-state index is 14.1. The van der Waals surface area contributed by atoms with Crippen molar-refractivity contribution < 1.29 is 9.18 Å². The zero-order valence-corrected chi connectivity index (χ0v) is 10.9. The third-order valence-electron chi connectivity index (χ3n) is 3.72. The first-order valence-corrected chi connectivity index (χ1v) is 6.60. The van der Waals surface area contributed by atoms with Crippen LogP contribution in [0.3, 0.4) is 0 Å². The number of carbonyl (C=O) groups excluding carboxylic acids is 1. The lowest BCUT2D eigenvalue weighted by Gasteiger charge is -2.32. The largest absolute Gasteiger partial charge is 0.369 e. The number of nitrogens with two attached hydrogens (primary N) is 1. The van der Waals surface area contributed by atoms with Crippen LogP contribution >= 0.6 is 0 Å². The molecule has 104 valence electrons. The van der Waals surface area contributed by atoms with Gasteiger partial charge in [0.25, 0.3) is 0 Å². The Kier molecular flexibility index (Phi) is 3.22. The Balaban J connectivity index is 2.03. The Bertz CT molecular complexity index is 655. The van der Waals surface area contributed by atoms with Crippen LogP contribution in [-0.4, -0.2) is 29.0 Å². The molecule has 0 bridgehead atoms. The van der Waals surface area contributed by atoms with E-state index in [-0.39, 0.29) is 17.6 Å². The summed E-state index contributed by atoms with van der Waals surface area (Å²) in [5.74, 6) is -0.326. The highest BCUT2D eigenvalue weighted by atomic mass is 19.1. The summed E-state index contributed by atoms with van der Waals surface area (Å²) >= 11 is 0. The molecule has 1 aliphatic rings. The highest BCUT2D eigenvalue weighted by molar-refractivity contribution is 5.90. The van der Waals surface area contributed by atoms with Gasteiger partial charge in [0, 0.05) is 13.1 Å². The number of piperidine rings is 1. The predicted octanol–water partition coefficient (Wildman–Crippen LogP) is 1.47. The van der Waals surface area contributed by atoms with Crippen LogP contribution in [0.2, 0.25) is 0 Å². The summed E-state index contributed by atoms with van der Waals surface area (Å²) in [6.45, 7) is 1.22. The van der Waals surface area contributed by atoms with Crippen molar-refractivity contribution in [3.05, 3.63) is 30.3 Å². The molecular formula is C14H15FN4O. The van der Waals surface area contributed by atoms with Crippen molar-refractivity contribution >= 4 is 22.6 Å². The lowest BCUT2D eigenvalue weighted by atomic mass is 9.97. The van der Waals surface area contributed by atoms with Crippen LogP contribution in [0.1, 0.15) is 12.8 Å². The third-order valence-corrected chi connectivity index (χ3v) is 3.72. The maximum Gasteiger partial charge on any atom is 0.222 e. The number of hydrogen-bond donors (Lipinski definition) is 1. The number of amides is 1. The number of carbonyl (C=O) groups is 1. The Labute approximate surface area is 115 Å². The molecule has 1 fully saturated rings. The monoisotopic (exact) mass is 274 g/mol. The molecule has 2 heterocycles. The number of anilines is 1. The van der Waals surface area contributed by atoms with E-state index in [4.69, 9.17) is 5.73 Å². The number of aromatic nitrogens is 2. The third kappa shape index (κ3) is 2.17. The van der Waals surface area contributed by atoms with Gasteiger partial charge in [0.1, 0.15) is 18.0 Å². The molecule has 0 spiro atoms. The van der Waals surface area contributed by atoms with Gasteiger partial charge in [-0.2, -0.15) is 0 Å². The standard InChI is InChI=1S/C14H15FN4O/c15-10-4-1-5-11-12(10)14(18-8-17-11)19-6-2-3-9(7-19)13(16)20/h1,4-5,8-9H,2-3,6-7H2,(H2,16,20). The summed E-state index contributed by atoms with van der Waals surface area (Å²) in [5.41, 5.74) is 5.94. The highest BCUT2D eigenvalue weighted by Gasteiger charge is 2.26. The van der Waals surface area contributed by atoms with Crippen molar-refractivity contribution in [3.63, 3.8) is 0 Å². The van der Waals surface area contributed by atoms with Gasteiger partial charge in [0.05, 0.1) is 16.8 Å². The summed E-state index contributed by atoms with van der Waals surface area (Å²) in [5, 5.41) is 0.403. The van der Waals surface area contributed by atoms with E-state index in [9.17, 15) is 9.18 Å². The number of benzene rings is 1. The molecule has 5 nitrogen and oxygen atoms in total. The predicted molar refractivity (Wildman–Crippen MR) is 73.6 cm³/mol. The van der Waals surface area contributed by atoms with Gasteiger partial charge < -0.3 is 10.6 Å². The molecule has 1 aromatic heterocycles. The minimum Gasteiger partial charge on any atom is -0.369 e. The lowest BCUT2D eigenvalue weighted by molar-refractivity contribution is -0.122. The van der Waals surface area contributed by atoms with Crippen LogP contribution in [0.5, 0.6) is 0 Å². The van der Waals surface area contributed by atoms with Crippen LogP contribution in [0, 0.1) is 11.7 Å². The zero-order valence-electron chi connectivity index (χ0n) is 10.9. The van der Waals surface area contributed by atoms with E-state index in [0.717, 1.165) is 19.4 Å². The van der Waals surface area contributed by atoms with Crippen LogP contribution in [0.25, 0.3) is 10.9 Å². The van der Waals surface area contributed by atoms with Gasteiger partial charge >= 0.3 is 0 Å². The maximum absolute atomic E-state index is 14.1. The average Bonchev–Trinajstić information content (AvgIpc) is 2.47. The molecule has 0 saturated carbocycles. The molecule has 1 amide bonds.